The fourth-order valence-electron chi connectivity index (χ4n) is 2.33. The number of hydrogen-bond donors (Lipinski definition) is 1. The van der Waals surface area contributed by atoms with E-state index in [0.29, 0.717) is 6.61 Å². The maximum absolute atomic E-state index is 11.0. The molecule has 0 spiro atoms. The standard InChI is InChI=1S/C18H18N2O2S2/c1-12-16(11-17(19)21)24-18(20-12)23-9-8-22-15-7-6-13-4-2-3-5-14(13)10-15/h2-7,10H,8-9,11H2,1H3,(H2,19,21). The van der Waals surface area contributed by atoms with Crippen molar-refractivity contribution in [3.63, 3.8) is 0 Å². The van der Waals surface area contributed by atoms with Gasteiger partial charge in [-0.25, -0.2) is 4.98 Å². The molecule has 0 aliphatic rings. The second kappa shape index (κ2) is 7.68. The SMILES string of the molecule is Cc1nc(SCCOc2ccc3ccccc3c2)sc1CC(N)=O. The number of aromatic nitrogens is 1. The number of nitrogens with two attached hydrogens (primary N) is 1. The highest BCUT2D eigenvalue weighted by atomic mass is 32.2. The summed E-state index contributed by atoms with van der Waals surface area (Å²) in [6.45, 7) is 2.51. The zero-order chi connectivity index (χ0) is 16.9. The van der Waals surface area contributed by atoms with Crippen molar-refractivity contribution in [2.75, 3.05) is 12.4 Å². The molecule has 0 fully saturated rings. The predicted molar refractivity (Wildman–Crippen MR) is 99.9 cm³/mol. The molecule has 2 N–H and O–H groups in total. The van der Waals surface area contributed by atoms with Crippen LogP contribution >= 0.6 is 23.1 Å². The molecule has 6 heteroatoms. The van der Waals surface area contributed by atoms with Crippen molar-refractivity contribution in [3.8, 4) is 5.75 Å². The average Bonchev–Trinajstić information content (AvgIpc) is 2.90. The lowest BCUT2D eigenvalue weighted by Gasteiger charge is -2.06. The Balaban J connectivity index is 1.52. The minimum absolute atomic E-state index is 0.262. The maximum atomic E-state index is 11.0. The molecule has 24 heavy (non-hydrogen) atoms. The Morgan fingerprint density at radius 1 is 1.25 bits per heavy atom. The van der Waals surface area contributed by atoms with Gasteiger partial charge in [-0.15, -0.1) is 11.3 Å². The zero-order valence-electron chi connectivity index (χ0n) is 13.3. The summed E-state index contributed by atoms with van der Waals surface area (Å²) in [7, 11) is 0. The third kappa shape index (κ3) is 4.27. The molecular formula is C18H18N2O2S2. The fraction of sp³-hybridized carbons (Fsp3) is 0.222. The van der Waals surface area contributed by atoms with Crippen LogP contribution in [-0.4, -0.2) is 23.3 Å². The lowest BCUT2D eigenvalue weighted by Crippen LogP contribution is -2.13. The summed E-state index contributed by atoms with van der Waals surface area (Å²) >= 11 is 3.17. The number of fused-ring (bicyclic) bond motifs is 1. The third-order valence-electron chi connectivity index (χ3n) is 3.51. The molecule has 0 aliphatic heterocycles. The van der Waals surface area contributed by atoms with E-state index in [-0.39, 0.29) is 12.3 Å². The minimum atomic E-state index is -0.321. The molecule has 2 aromatic carbocycles. The molecule has 0 radical (unpaired) electrons. The third-order valence-corrected chi connectivity index (χ3v) is 5.77. The molecule has 4 nitrogen and oxygen atoms in total. The lowest BCUT2D eigenvalue weighted by atomic mass is 10.1. The first-order valence-electron chi connectivity index (χ1n) is 7.61. The van der Waals surface area contributed by atoms with Gasteiger partial charge in [-0.1, -0.05) is 42.1 Å². The number of carbonyl (C=O) groups is 1. The van der Waals surface area contributed by atoms with Crippen LogP contribution in [0.5, 0.6) is 5.75 Å². The van der Waals surface area contributed by atoms with Gasteiger partial charge in [-0.2, -0.15) is 0 Å². The van der Waals surface area contributed by atoms with Gasteiger partial charge in [-0.3, -0.25) is 4.79 Å². The molecule has 1 aromatic heterocycles. The summed E-state index contributed by atoms with van der Waals surface area (Å²) in [6, 6.07) is 14.3. The predicted octanol–water partition coefficient (Wildman–Crippen LogP) is 3.80. The molecule has 0 atom stereocenters. The number of carbonyl (C=O) groups excluding carboxylic acids is 1. The smallest absolute Gasteiger partial charge is 0.222 e. The van der Waals surface area contributed by atoms with Gasteiger partial charge in [0, 0.05) is 10.6 Å². The van der Waals surface area contributed by atoms with E-state index in [9.17, 15) is 4.79 Å². The number of nitrogens with zero attached hydrogens (tertiary/aromatic N) is 1. The molecule has 0 saturated heterocycles. The number of hydrogen-bond acceptors (Lipinski definition) is 5. The van der Waals surface area contributed by atoms with Crippen LogP contribution in [0.15, 0.2) is 46.8 Å². The van der Waals surface area contributed by atoms with Gasteiger partial charge in [-0.05, 0) is 29.8 Å². The van der Waals surface area contributed by atoms with E-state index < -0.39 is 0 Å². The first-order valence-corrected chi connectivity index (χ1v) is 9.41. The fourth-order valence-corrected chi connectivity index (χ4v) is 4.46. The molecule has 0 aliphatic carbocycles. The summed E-state index contributed by atoms with van der Waals surface area (Å²) in [6.07, 6.45) is 0.262. The van der Waals surface area contributed by atoms with Crippen molar-refractivity contribution in [2.45, 2.75) is 17.7 Å². The average molecular weight is 358 g/mol. The summed E-state index contributed by atoms with van der Waals surface area (Å²) in [5.41, 5.74) is 6.13. The number of amides is 1. The second-order valence-electron chi connectivity index (χ2n) is 5.34. The summed E-state index contributed by atoms with van der Waals surface area (Å²) in [5, 5.41) is 2.38. The van der Waals surface area contributed by atoms with E-state index in [4.69, 9.17) is 10.5 Å². The largest absolute Gasteiger partial charge is 0.493 e. The highest BCUT2D eigenvalue weighted by molar-refractivity contribution is 8.01. The summed E-state index contributed by atoms with van der Waals surface area (Å²) < 4.78 is 6.77. The second-order valence-corrected chi connectivity index (χ2v) is 7.76. The molecular weight excluding hydrogens is 340 g/mol. The van der Waals surface area contributed by atoms with Crippen molar-refractivity contribution in [1.82, 2.24) is 4.98 Å². The van der Waals surface area contributed by atoms with E-state index >= 15 is 0 Å². The van der Waals surface area contributed by atoms with Gasteiger partial charge < -0.3 is 10.5 Å². The number of thioether (sulfide) groups is 1. The Labute approximate surface area is 149 Å². The number of benzene rings is 2. The van der Waals surface area contributed by atoms with E-state index in [1.54, 1.807) is 11.8 Å². The van der Waals surface area contributed by atoms with Crippen LogP contribution in [0.2, 0.25) is 0 Å². The number of aryl methyl sites for hydroxylation is 1. The molecule has 0 unspecified atom stereocenters. The molecule has 1 heterocycles. The molecule has 3 rings (SSSR count). The zero-order valence-corrected chi connectivity index (χ0v) is 15.0. The first kappa shape index (κ1) is 16.8. The number of primary amides is 1. The van der Waals surface area contributed by atoms with Crippen LogP contribution in [0.25, 0.3) is 10.8 Å². The number of thiazole rings is 1. The molecule has 3 aromatic rings. The van der Waals surface area contributed by atoms with Crippen molar-refractivity contribution >= 4 is 39.8 Å². The Morgan fingerprint density at radius 2 is 2.04 bits per heavy atom. The van der Waals surface area contributed by atoms with Crippen LogP contribution in [0.1, 0.15) is 10.6 Å². The van der Waals surface area contributed by atoms with Gasteiger partial charge in [0.2, 0.25) is 5.91 Å². The van der Waals surface area contributed by atoms with E-state index in [1.165, 1.54) is 22.1 Å². The van der Waals surface area contributed by atoms with E-state index in [0.717, 1.165) is 26.4 Å². The van der Waals surface area contributed by atoms with Crippen LogP contribution in [0, 0.1) is 6.92 Å². The molecule has 0 bridgehead atoms. The maximum Gasteiger partial charge on any atom is 0.222 e. The minimum Gasteiger partial charge on any atom is -0.493 e. The highest BCUT2D eigenvalue weighted by Crippen LogP contribution is 2.27. The van der Waals surface area contributed by atoms with E-state index in [2.05, 4.69) is 29.2 Å². The summed E-state index contributed by atoms with van der Waals surface area (Å²) in [4.78, 5) is 16.4. The van der Waals surface area contributed by atoms with Gasteiger partial charge in [0.15, 0.2) is 4.34 Å². The highest BCUT2D eigenvalue weighted by Gasteiger charge is 2.10. The van der Waals surface area contributed by atoms with Crippen molar-refractivity contribution in [1.29, 1.82) is 0 Å². The van der Waals surface area contributed by atoms with Crippen LogP contribution in [0.3, 0.4) is 0 Å². The van der Waals surface area contributed by atoms with Gasteiger partial charge in [0.1, 0.15) is 5.75 Å². The van der Waals surface area contributed by atoms with Gasteiger partial charge in [0.05, 0.1) is 18.7 Å². The molecule has 1 amide bonds. The Bertz CT molecular complexity index is 861. The van der Waals surface area contributed by atoms with Gasteiger partial charge >= 0.3 is 0 Å². The van der Waals surface area contributed by atoms with Crippen LogP contribution < -0.4 is 10.5 Å². The lowest BCUT2D eigenvalue weighted by molar-refractivity contribution is -0.117. The van der Waals surface area contributed by atoms with Gasteiger partial charge in [0.25, 0.3) is 0 Å². The van der Waals surface area contributed by atoms with Crippen molar-refractivity contribution in [3.05, 3.63) is 53.0 Å². The van der Waals surface area contributed by atoms with Crippen molar-refractivity contribution in [2.24, 2.45) is 5.73 Å². The molecule has 0 saturated carbocycles. The topological polar surface area (TPSA) is 65.2 Å². The van der Waals surface area contributed by atoms with Crippen LogP contribution in [-0.2, 0) is 11.2 Å². The normalized spacial score (nSPS) is 10.9. The Kier molecular flexibility index (Phi) is 5.37. The van der Waals surface area contributed by atoms with Crippen LogP contribution in [0.4, 0.5) is 0 Å². The Hall–Kier alpha value is -2.05. The molecule has 124 valence electrons. The number of ether oxygens (including phenoxy) is 1. The number of rotatable bonds is 7. The van der Waals surface area contributed by atoms with Crippen molar-refractivity contribution < 1.29 is 9.53 Å². The van der Waals surface area contributed by atoms with E-state index in [1.807, 2.05) is 25.1 Å². The monoisotopic (exact) mass is 358 g/mol. The Morgan fingerprint density at radius 3 is 2.83 bits per heavy atom. The summed E-state index contributed by atoms with van der Waals surface area (Å²) in [5.74, 6) is 1.35. The first-order chi connectivity index (χ1) is 11.6. The quantitative estimate of drug-likeness (QED) is 0.515.